The third kappa shape index (κ3) is 6.27. The number of halogens is 1. The molecule has 1 aliphatic heterocycles. The third-order valence-corrected chi connectivity index (χ3v) is 7.31. The Kier molecular flexibility index (Phi) is 9.23. The number of nitrogens with one attached hydrogen (secondary N) is 1. The Labute approximate surface area is 255 Å². The molecule has 1 aromatic heterocycles. The fraction of sp³-hybridized carbons (Fsp3) is 0.229. The van der Waals surface area contributed by atoms with Crippen LogP contribution in [0.2, 0.25) is 0 Å². The minimum Gasteiger partial charge on any atom is -0.489 e. The van der Waals surface area contributed by atoms with Crippen molar-refractivity contribution in [3.63, 3.8) is 0 Å². The lowest BCUT2D eigenvalue weighted by Crippen LogP contribution is -2.32. The third-order valence-electron chi connectivity index (χ3n) is 7.31. The predicted molar refractivity (Wildman–Crippen MR) is 164 cm³/mol. The van der Waals surface area contributed by atoms with E-state index >= 15 is 0 Å². The zero-order valence-corrected chi connectivity index (χ0v) is 25.1. The second-order valence-corrected chi connectivity index (χ2v) is 10.2. The minimum atomic E-state index is -0.821. The summed E-state index contributed by atoms with van der Waals surface area (Å²) in [4.78, 5) is 26.9. The van der Waals surface area contributed by atoms with Crippen LogP contribution in [0, 0.1) is 5.82 Å². The molecule has 3 aromatic carbocycles. The van der Waals surface area contributed by atoms with E-state index in [4.69, 9.17) is 19.3 Å². The van der Waals surface area contributed by atoms with Crippen LogP contribution in [0.1, 0.15) is 44.7 Å². The molecule has 5 rings (SSSR count). The topological polar surface area (TPSA) is 91.7 Å². The maximum absolute atomic E-state index is 14.1. The van der Waals surface area contributed by atoms with Crippen LogP contribution in [0.4, 0.5) is 4.39 Å². The van der Waals surface area contributed by atoms with Crippen LogP contribution >= 0.6 is 0 Å². The van der Waals surface area contributed by atoms with E-state index in [1.54, 1.807) is 62.7 Å². The summed E-state index contributed by atoms with van der Waals surface area (Å²) in [5.41, 5.74) is 4.94. The van der Waals surface area contributed by atoms with Gasteiger partial charge in [0.25, 0.3) is 0 Å². The molecular weight excluding hydrogens is 561 g/mol. The van der Waals surface area contributed by atoms with Gasteiger partial charge in [0.1, 0.15) is 18.2 Å². The number of aromatic nitrogens is 2. The first-order chi connectivity index (χ1) is 21.3. The van der Waals surface area contributed by atoms with Gasteiger partial charge >= 0.3 is 11.9 Å². The van der Waals surface area contributed by atoms with Crippen LogP contribution < -0.4 is 10.1 Å². The van der Waals surface area contributed by atoms with Gasteiger partial charge in [-0.1, -0.05) is 36.4 Å². The standard InChI is InChI=1S/C35H34FN3O5/c1-5-42-34(40)30-22(3)37-23(4)31(35(41)43-6-2)32(30)28-20-39(26-13-8-7-9-14-26)38-33(28)24-16-18-27(19-17-24)44-21-25-12-10-11-15-29(25)36/h7-20,32,37H,5-6,21H2,1-4H3. The summed E-state index contributed by atoms with van der Waals surface area (Å²) in [6, 6.07) is 23.3. The van der Waals surface area contributed by atoms with Crippen LogP contribution in [0.3, 0.4) is 0 Å². The molecule has 0 amide bonds. The molecule has 1 aliphatic rings. The molecule has 226 valence electrons. The predicted octanol–water partition coefficient (Wildman–Crippen LogP) is 6.62. The Morgan fingerprint density at radius 3 is 2.02 bits per heavy atom. The molecular formula is C35H34FN3O5. The first kappa shape index (κ1) is 30.3. The Bertz CT molecular complexity index is 1680. The zero-order chi connectivity index (χ0) is 31.2. The summed E-state index contributed by atoms with van der Waals surface area (Å²) < 4.78 is 32.6. The molecule has 9 heteroatoms. The Hall–Kier alpha value is -5.18. The first-order valence-corrected chi connectivity index (χ1v) is 14.5. The smallest absolute Gasteiger partial charge is 0.336 e. The van der Waals surface area contributed by atoms with Gasteiger partial charge in [-0.05, 0) is 70.2 Å². The largest absolute Gasteiger partial charge is 0.489 e. The number of nitrogens with zero attached hydrogens (tertiary/aromatic N) is 2. The van der Waals surface area contributed by atoms with E-state index in [1.807, 2.05) is 48.7 Å². The first-order valence-electron chi connectivity index (χ1n) is 14.5. The summed E-state index contributed by atoms with van der Waals surface area (Å²) in [6.45, 7) is 7.47. The number of rotatable bonds is 10. The second kappa shape index (κ2) is 13.4. The molecule has 8 nitrogen and oxygen atoms in total. The fourth-order valence-corrected chi connectivity index (χ4v) is 5.29. The van der Waals surface area contributed by atoms with Gasteiger partial charge < -0.3 is 19.5 Å². The lowest BCUT2D eigenvalue weighted by atomic mass is 9.79. The molecule has 0 saturated heterocycles. The van der Waals surface area contributed by atoms with E-state index in [-0.39, 0.29) is 25.6 Å². The number of carbonyl (C=O) groups is 2. The fourth-order valence-electron chi connectivity index (χ4n) is 5.29. The quantitative estimate of drug-likeness (QED) is 0.206. The summed E-state index contributed by atoms with van der Waals surface area (Å²) in [7, 11) is 0. The van der Waals surface area contributed by atoms with Crippen molar-refractivity contribution in [3.8, 4) is 22.7 Å². The normalized spacial score (nSPS) is 13.5. The number of allylic oxidation sites excluding steroid dienone is 2. The highest BCUT2D eigenvalue weighted by Crippen LogP contribution is 2.43. The van der Waals surface area contributed by atoms with E-state index in [9.17, 15) is 14.0 Å². The minimum absolute atomic E-state index is 0.0783. The van der Waals surface area contributed by atoms with Gasteiger partial charge in [-0.25, -0.2) is 18.7 Å². The molecule has 0 unspecified atom stereocenters. The molecule has 4 aromatic rings. The van der Waals surface area contributed by atoms with Crippen molar-refractivity contribution in [3.05, 3.63) is 125 Å². The van der Waals surface area contributed by atoms with Crippen molar-refractivity contribution in [2.75, 3.05) is 13.2 Å². The van der Waals surface area contributed by atoms with Crippen LogP contribution in [0.25, 0.3) is 16.9 Å². The number of benzene rings is 3. The Morgan fingerprint density at radius 2 is 1.43 bits per heavy atom. The van der Waals surface area contributed by atoms with Crippen LogP contribution in [-0.2, 0) is 25.7 Å². The molecule has 0 aliphatic carbocycles. The molecule has 1 N–H and O–H groups in total. The van der Waals surface area contributed by atoms with Gasteiger partial charge in [0, 0.05) is 34.3 Å². The van der Waals surface area contributed by atoms with E-state index in [1.165, 1.54) is 6.07 Å². The average molecular weight is 596 g/mol. The van der Waals surface area contributed by atoms with Crippen molar-refractivity contribution in [2.24, 2.45) is 0 Å². The van der Waals surface area contributed by atoms with Crippen LogP contribution in [0.5, 0.6) is 5.75 Å². The molecule has 0 radical (unpaired) electrons. The number of hydrogen-bond acceptors (Lipinski definition) is 7. The zero-order valence-electron chi connectivity index (χ0n) is 25.1. The van der Waals surface area contributed by atoms with Crippen molar-refractivity contribution in [2.45, 2.75) is 40.2 Å². The number of dihydropyridines is 1. The molecule has 2 heterocycles. The molecule has 0 fully saturated rings. The molecule has 44 heavy (non-hydrogen) atoms. The molecule has 0 atom stereocenters. The van der Waals surface area contributed by atoms with Crippen molar-refractivity contribution in [1.82, 2.24) is 15.1 Å². The number of para-hydroxylation sites is 1. The van der Waals surface area contributed by atoms with Gasteiger partial charge in [-0.3, -0.25) is 0 Å². The average Bonchev–Trinajstić information content (AvgIpc) is 3.46. The number of hydrogen-bond donors (Lipinski definition) is 1. The van der Waals surface area contributed by atoms with E-state index in [0.29, 0.717) is 45.1 Å². The molecule has 0 spiro atoms. The Balaban J connectivity index is 1.62. The van der Waals surface area contributed by atoms with Gasteiger partial charge in [0.15, 0.2) is 0 Å². The summed E-state index contributed by atoms with van der Waals surface area (Å²) in [6.07, 6.45) is 1.84. The second-order valence-electron chi connectivity index (χ2n) is 10.2. The van der Waals surface area contributed by atoms with Crippen molar-refractivity contribution in [1.29, 1.82) is 0 Å². The van der Waals surface area contributed by atoms with E-state index in [0.717, 1.165) is 11.3 Å². The Morgan fingerprint density at radius 1 is 0.841 bits per heavy atom. The van der Waals surface area contributed by atoms with Gasteiger partial charge in [-0.2, -0.15) is 5.10 Å². The monoisotopic (exact) mass is 595 g/mol. The lowest BCUT2D eigenvalue weighted by molar-refractivity contribution is -0.139. The van der Waals surface area contributed by atoms with Gasteiger partial charge in [0.2, 0.25) is 0 Å². The van der Waals surface area contributed by atoms with Crippen LogP contribution in [-0.4, -0.2) is 34.9 Å². The van der Waals surface area contributed by atoms with E-state index in [2.05, 4.69) is 5.32 Å². The van der Waals surface area contributed by atoms with E-state index < -0.39 is 17.9 Å². The highest BCUT2D eigenvalue weighted by molar-refractivity contribution is 6.00. The maximum atomic E-state index is 14.1. The number of esters is 2. The number of carbonyl (C=O) groups excluding carboxylic acids is 2. The number of ether oxygens (including phenoxy) is 3. The van der Waals surface area contributed by atoms with Crippen LogP contribution in [0.15, 0.2) is 108 Å². The molecule has 0 bridgehead atoms. The highest BCUT2D eigenvalue weighted by atomic mass is 19.1. The summed E-state index contributed by atoms with van der Waals surface area (Å²) >= 11 is 0. The summed E-state index contributed by atoms with van der Waals surface area (Å²) in [5, 5.41) is 8.13. The van der Waals surface area contributed by atoms with Crippen molar-refractivity contribution < 1.29 is 28.2 Å². The van der Waals surface area contributed by atoms with Gasteiger partial charge in [-0.15, -0.1) is 0 Å². The highest BCUT2D eigenvalue weighted by Gasteiger charge is 2.40. The lowest BCUT2D eigenvalue weighted by Gasteiger charge is -2.30. The molecule has 0 saturated carbocycles. The summed E-state index contributed by atoms with van der Waals surface area (Å²) in [5.74, 6) is -1.67. The van der Waals surface area contributed by atoms with Gasteiger partial charge in [0.05, 0.1) is 41.7 Å². The SMILES string of the molecule is CCOC(=O)C1=C(C)NC(C)=C(C(=O)OCC)C1c1cn(-c2ccccc2)nc1-c1ccc(OCc2ccccc2F)cc1. The van der Waals surface area contributed by atoms with Crippen molar-refractivity contribution >= 4 is 11.9 Å². The maximum Gasteiger partial charge on any atom is 0.336 e.